The number of hydrogen-bond acceptors (Lipinski definition) is 5. The van der Waals surface area contributed by atoms with Gasteiger partial charge in [0, 0.05) is 23.6 Å². The van der Waals surface area contributed by atoms with Gasteiger partial charge in [0.1, 0.15) is 6.54 Å². The molecule has 1 aromatic heterocycles. The maximum Gasteiger partial charge on any atom is 0.325 e. The van der Waals surface area contributed by atoms with E-state index in [2.05, 4.69) is 31.7 Å². The number of methoxy groups -OCH3 is 1. The Morgan fingerprint density at radius 2 is 1.70 bits per heavy atom. The van der Waals surface area contributed by atoms with Crippen molar-refractivity contribution in [3.05, 3.63) is 71.9 Å². The van der Waals surface area contributed by atoms with E-state index in [0.29, 0.717) is 32.2 Å². The largest absolute Gasteiger partial charge is 0.468 e. The fraction of sp³-hybridized carbons (Fsp3) is 0.414. The van der Waals surface area contributed by atoms with Crippen molar-refractivity contribution in [3.8, 4) is 0 Å². The lowest BCUT2D eigenvalue weighted by atomic mass is 9.79. The van der Waals surface area contributed by atoms with Crippen LogP contribution in [0.1, 0.15) is 43.2 Å². The van der Waals surface area contributed by atoms with Gasteiger partial charge in [-0.05, 0) is 42.9 Å². The number of carbonyl (C=O) groups excluding carboxylic acids is 3. The number of H-pyrrole nitrogens is 1. The Morgan fingerprint density at radius 3 is 2.46 bits per heavy atom. The second-order valence-corrected chi connectivity index (χ2v) is 9.69. The predicted molar refractivity (Wildman–Crippen MR) is 143 cm³/mol. The molecule has 1 aliphatic rings. The Hall–Kier alpha value is -3.65. The second kappa shape index (κ2) is 12.5. The van der Waals surface area contributed by atoms with Crippen LogP contribution < -0.4 is 16.0 Å². The zero-order valence-corrected chi connectivity index (χ0v) is 21.3. The van der Waals surface area contributed by atoms with Crippen LogP contribution in [0, 0.1) is 0 Å². The minimum absolute atomic E-state index is 0.0779. The smallest absolute Gasteiger partial charge is 0.325 e. The van der Waals surface area contributed by atoms with Crippen molar-refractivity contribution in [2.75, 3.05) is 20.2 Å². The monoisotopic (exact) mass is 504 g/mol. The standard InChI is InChI=1S/C29H36N4O4/c1-37-26(34)20-32-27(35)25(18-21-10-4-2-5-11-21)33-29(15-8-3-9-16-29)28(36)30-17-14-22-19-31-24-13-7-6-12-23(22)24/h2,4-7,10-13,19,25,31,33H,3,8-9,14-18,20H2,1H3,(H,30,36)(H,32,35)/t25-/m0/s1. The maximum atomic E-state index is 13.6. The molecule has 1 aliphatic carbocycles. The van der Waals surface area contributed by atoms with Crippen molar-refractivity contribution in [2.24, 2.45) is 0 Å². The summed E-state index contributed by atoms with van der Waals surface area (Å²) in [6.07, 6.45) is 7.28. The number of aromatic amines is 1. The fourth-order valence-corrected chi connectivity index (χ4v) is 5.16. The lowest BCUT2D eigenvalue weighted by molar-refractivity contribution is -0.141. The SMILES string of the molecule is COC(=O)CNC(=O)[C@H](Cc1ccccc1)NC1(C(=O)NCCc2c[nH]c3ccccc23)CCCCC1. The minimum atomic E-state index is -0.847. The van der Waals surface area contributed by atoms with E-state index < -0.39 is 17.6 Å². The van der Waals surface area contributed by atoms with E-state index in [1.54, 1.807) is 0 Å². The molecule has 0 radical (unpaired) electrons. The quantitative estimate of drug-likeness (QED) is 0.300. The highest BCUT2D eigenvalue weighted by molar-refractivity contribution is 5.90. The molecule has 1 fully saturated rings. The molecule has 2 aromatic carbocycles. The van der Waals surface area contributed by atoms with Crippen LogP contribution in [0.3, 0.4) is 0 Å². The molecule has 8 nitrogen and oxygen atoms in total. The molecule has 0 saturated heterocycles. The molecule has 2 amide bonds. The van der Waals surface area contributed by atoms with Crippen molar-refractivity contribution in [3.63, 3.8) is 0 Å². The number of esters is 1. The summed E-state index contributed by atoms with van der Waals surface area (Å²) in [6.45, 7) is 0.286. The Labute approximate surface area is 217 Å². The van der Waals surface area contributed by atoms with Crippen LogP contribution in [0.5, 0.6) is 0 Å². The summed E-state index contributed by atoms with van der Waals surface area (Å²) >= 11 is 0. The normalized spacial score (nSPS) is 15.6. The number of para-hydroxylation sites is 1. The molecule has 3 aromatic rings. The summed E-state index contributed by atoms with van der Waals surface area (Å²) in [5.74, 6) is -0.925. The molecule has 8 heteroatoms. The van der Waals surface area contributed by atoms with E-state index in [4.69, 9.17) is 0 Å². The average molecular weight is 505 g/mol. The molecule has 0 unspecified atom stereocenters. The topological polar surface area (TPSA) is 112 Å². The Kier molecular flexibility index (Phi) is 8.95. The van der Waals surface area contributed by atoms with Gasteiger partial charge >= 0.3 is 5.97 Å². The molecule has 196 valence electrons. The third kappa shape index (κ3) is 6.77. The summed E-state index contributed by atoms with van der Waals surface area (Å²) in [5, 5.41) is 10.4. The number of carbonyl (C=O) groups is 3. The number of nitrogens with one attached hydrogen (secondary N) is 4. The van der Waals surface area contributed by atoms with Gasteiger partial charge in [0.05, 0.1) is 18.7 Å². The first-order chi connectivity index (χ1) is 18.0. The summed E-state index contributed by atoms with van der Waals surface area (Å²) in [5.41, 5.74) is 2.36. The highest BCUT2D eigenvalue weighted by atomic mass is 16.5. The molecule has 1 atom stereocenters. The third-order valence-corrected chi connectivity index (χ3v) is 7.18. The van der Waals surface area contributed by atoms with E-state index in [9.17, 15) is 14.4 Å². The molecule has 4 rings (SSSR count). The van der Waals surface area contributed by atoms with Crippen LogP contribution in [-0.4, -0.2) is 54.5 Å². The van der Waals surface area contributed by atoms with E-state index in [-0.39, 0.29) is 18.4 Å². The lowest BCUT2D eigenvalue weighted by Crippen LogP contribution is -2.64. The van der Waals surface area contributed by atoms with Crippen molar-refractivity contribution >= 4 is 28.7 Å². The molecule has 1 saturated carbocycles. The number of fused-ring (bicyclic) bond motifs is 1. The number of rotatable bonds is 11. The predicted octanol–water partition coefficient (Wildman–Crippen LogP) is 3.02. The number of hydrogen-bond donors (Lipinski definition) is 4. The van der Waals surface area contributed by atoms with Gasteiger partial charge in [-0.25, -0.2) is 0 Å². The zero-order chi connectivity index (χ0) is 26.1. The van der Waals surface area contributed by atoms with Crippen LogP contribution in [0.4, 0.5) is 0 Å². The van der Waals surface area contributed by atoms with Gasteiger partial charge in [-0.1, -0.05) is 67.8 Å². The van der Waals surface area contributed by atoms with E-state index in [1.807, 2.05) is 54.7 Å². The maximum absolute atomic E-state index is 13.6. The van der Waals surface area contributed by atoms with Gasteiger partial charge < -0.3 is 20.4 Å². The molecule has 1 heterocycles. The van der Waals surface area contributed by atoms with Crippen molar-refractivity contribution < 1.29 is 19.1 Å². The van der Waals surface area contributed by atoms with E-state index in [0.717, 1.165) is 41.3 Å². The van der Waals surface area contributed by atoms with Crippen molar-refractivity contribution in [1.29, 1.82) is 0 Å². The molecule has 0 spiro atoms. The zero-order valence-electron chi connectivity index (χ0n) is 21.3. The van der Waals surface area contributed by atoms with E-state index >= 15 is 0 Å². The minimum Gasteiger partial charge on any atom is -0.468 e. The lowest BCUT2D eigenvalue weighted by Gasteiger charge is -2.39. The molecular formula is C29H36N4O4. The number of amides is 2. The highest BCUT2D eigenvalue weighted by Crippen LogP contribution is 2.29. The van der Waals surface area contributed by atoms with E-state index in [1.165, 1.54) is 7.11 Å². The first kappa shape index (κ1) is 26.4. The Morgan fingerprint density at radius 1 is 0.973 bits per heavy atom. The first-order valence-corrected chi connectivity index (χ1v) is 13.0. The van der Waals surface area contributed by atoms with Crippen LogP contribution >= 0.6 is 0 Å². The first-order valence-electron chi connectivity index (χ1n) is 13.0. The van der Waals surface area contributed by atoms with Crippen LogP contribution in [0.15, 0.2) is 60.8 Å². The van der Waals surface area contributed by atoms with Crippen molar-refractivity contribution in [2.45, 2.75) is 56.5 Å². The number of ether oxygens (including phenoxy) is 1. The van der Waals surface area contributed by atoms with Gasteiger partial charge in [-0.3, -0.25) is 19.7 Å². The number of aromatic nitrogens is 1. The van der Waals surface area contributed by atoms with Gasteiger partial charge in [0.15, 0.2) is 0 Å². The van der Waals surface area contributed by atoms with Crippen LogP contribution in [0.2, 0.25) is 0 Å². The van der Waals surface area contributed by atoms with Crippen molar-refractivity contribution in [1.82, 2.24) is 20.9 Å². The van der Waals surface area contributed by atoms with Crippen LogP contribution in [0.25, 0.3) is 10.9 Å². The summed E-state index contributed by atoms with van der Waals surface area (Å²) < 4.78 is 4.67. The van der Waals surface area contributed by atoms with Gasteiger partial charge in [-0.2, -0.15) is 0 Å². The Balaban J connectivity index is 1.47. The molecular weight excluding hydrogens is 468 g/mol. The summed E-state index contributed by atoms with van der Waals surface area (Å²) in [4.78, 5) is 41.7. The van der Waals surface area contributed by atoms with Gasteiger partial charge in [0.25, 0.3) is 0 Å². The third-order valence-electron chi connectivity index (χ3n) is 7.18. The molecule has 0 bridgehead atoms. The highest BCUT2D eigenvalue weighted by Gasteiger charge is 2.42. The number of benzene rings is 2. The fourth-order valence-electron chi connectivity index (χ4n) is 5.16. The summed E-state index contributed by atoms with van der Waals surface area (Å²) in [7, 11) is 1.28. The molecule has 0 aliphatic heterocycles. The summed E-state index contributed by atoms with van der Waals surface area (Å²) in [6, 6.07) is 17.1. The second-order valence-electron chi connectivity index (χ2n) is 9.69. The van der Waals surface area contributed by atoms with Crippen LogP contribution in [-0.2, 0) is 32.0 Å². The Bertz CT molecular complexity index is 1200. The average Bonchev–Trinajstić information content (AvgIpc) is 3.35. The van der Waals surface area contributed by atoms with Gasteiger partial charge in [-0.15, -0.1) is 0 Å². The molecule has 37 heavy (non-hydrogen) atoms. The van der Waals surface area contributed by atoms with Gasteiger partial charge in [0.2, 0.25) is 11.8 Å². The molecule has 4 N–H and O–H groups in total.